The smallest absolute Gasteiger partial charge is 0.358 e. The fourth-order valence-electron chi connectivity index (χ4n) is 1.54. The van der Waals surface area contributed by atoms with Crippen LogP contribution in [0.1, 0.15) is 17.4 Å². The molecule has 2 heterocycles. The van der Waals surface area contributed by atoms with E-state index < -0.39 is 5.97 Å². The molecular weight excluding hydrogens is 230 g/mol. The van der Waals surface area contributed by atoms with Crippen molar-refractivity contribution in [3.8, 4) is 11.4 Å². The maximum Gasteiger partial charge on any atom is 0.358 e. The number of hydrogen-bond acceptors (Lipinski definition) is 2. The molecule has 2 N–H and O–H groups in total. The summed E-state index contributed by atoms with van der Waals surface area (Å²) in [5.41, 5.74) is 1.24. The molecule has 0 saturated heterocycles. The maximum absolute atomic E-state index is 10.9. The molecule has 0 aromatic carbocycles. The van der Waals surface area contributed by atoms with E-state index in [1.54, 1.807) is 10.9 Å². The van der Waals surface area contributed by atoms with Crippen LogP contribution in [0.25, 0.3) is 11.4 Å². The van der Waals surface area contributed by atoms with Gasteiger partial charge in [0.2, 0.25) is 0 Å². The molecule has 84 valence electrons. The molecule has 0 aliphatic carbocycles. The van der Waals surface area contributed by atoms with Crippen molar-refractivity contribution in [1.82, 2.24) is 14.8 Å². The molecule has 0 saturated carbocycles. The standard InChI is InChI=1S/C10H10ClN3O2/c1-2-14-9(6-4-3-5-12-6)7(11)8(13-14)10(15)16/h3-5,12H,2H2,1H3,(H,15,16). The van der Waals surface area contributed by atoms with Crippen molar-refractivity contribution in [2.75, 3.05) is 0 Å². The molecule has 2 aromatic heterocycles. The van der Waals surface area contributed by atoms with Gasteiger partial charge in [-0.25, -0.2) is 4.79 Å². The number of carboxylic acid groups (broad SMARTS) is 1. The van der Waals surface area contributed by atoms with Gasteiger partial charge in [0.05, 0.1) is 5.69 Å². The van der Waals surface area contributed by atoms with Gasteiger partial charge in [-0.3, -0.25) is 4.68 Å². The molecule has 0 bridgehead atoms. The largest absolute Gasteiger partial charge is 0.476 e. The van der Waals surface area contributed by atoms with Crippen LogP contribution in [-0.4, -0.2) is 25.8 Å². The van der Waals surface area contributed by atoms with Crippen LogP contribution in [0.2, 0.25) is 5.02 Å². The molecule has 0 atom stereocenters. The molecule has 0 amide bonds. The minimum absolute atomic E-state index is 0.117. The lowest BCUT2D eigenvalue weighted by Gasteiger charge is -2.02. The SMILES string of the molecule is CCn1nc(C(=O)O)c(Cl)c1-c1ccc[nH]1. The van der Waals surface area contributed by atoms with Crippen LogP contribution in [0.3, 0.4) is 0 Å². The van der Waals surface area contributed by atoms with Crippen LogP contribution in [0.5, 0.6) is 0 Å². The van der Waals surface area contributed by atoms with E-state index in [-0.39, 0.29) is 10.7 Å². The zero-order valence-electron chi connectivity index (χ0n) is 8.57. The molecule has 0 spiro atoms. The van der Waals surface area contributed by atoms with Crippen LogP contribution in [-0.2, 0) is 6.54 Å². The summed E-state index contributed by atoms with van der Waals surface area (Å²) in [6.07, 6.45) is 1.75. The third-order valence-electron chi connectivity index (χ3n) is 2.25. The van der Waals surface area contributed by atoms with Gasteiger partial charge in [0.1, 0.15) is 10.7 Å². The zero-order valence-corrected chi connectivity index (χ0v) is 9.32. The predicted molar refractivity (Wildman–Crippen MR) is 59.7 cm³/mol. The summed E-state index contributed by atoms with van der Waals surface area (Å²) in [6, 6.07) is 3.64. The molecular formula is C10H10ClN3O2. The highest BCUT2D eigenvalue weighted by molar-refractivity contribution is 6.35. The van der Waals surface area contributed by atoms with E-state index in [1.807, 2.05) is 19.1 Å². The van der Waals surface area contributed by atoms with E-state index >= 15 is 0 Å². The summed E-state index contributed by atoms with van der Waals surface area (Å²) < 4.78 is 1.57. The van der Waals surface area contributed by atoms with Crippen LogP contribution in [0, 0.1) is 0 Å². The summed E-state index contributed by atoms with van der Waals surface area (Å²) in [6.45, 7) is 2.43. The number of nitrogens with one attached hydrogen (secondary N) is 1. The lowest BCUT2D eigenvalue weighted by Crippen LogP contribution is -2.02. The first kappa shape index (κ1) is 10.8. The Labute approximate surface area is 96.7 Å². The van der Waals surface area contributed by atoms with Gasteiger partial charge < -0.3 is 10.1 Å². The van der Waals surface area contributed by atoms with Crippen molar-refractivity contribution >= 4 is 17.6 Å². The monoisotopic (exact) mass is 239 g/mol. The number of hydrogen-bond donors (Lipinski definition) is 2. The minimum atomic E-state index is -1.12. The van der Waals surface area contributed by atoms with E-state index in [0.29, 0.717) is 12.2 Å². The molecule has 2 aromatic rings. The van der Waals surface area contributed by atoms with E-state index in [4.69, 9.17) is 16.7 Å². The van der Waals surface area contributed by atoms with Crippen LogP contribution in [0.15, 0.2) is 18.3 Å². The number of aromatic nitrogens is 3. The fraction of sp³-hybridized carbons (Fsp3) is 0.200. The number of rotatable bonds is 3. The summed E-state index contributed by atoms with van der Waals surface area (Å²) in [7, 11) is 0. The average molecular weight is 240 g/mol. The van der Waals surface area contributed by atoms with Gasteiger partial charge in [-0.2, -0.15) is 5.10 Å². The van der Waals surface area contributed by atoms with Crippen molar-refractivity contribution in [3.63, 3.8) is 0 Å². The van der Waals surface area contributed by atoms with Crippen LogP contribution < -0.4 is 0 Å². The number of aromatic amines is 1. The number of carboxylic acids is 1. The zero-order chi connectivity index (χ0) is 11.7. The van der Waals surface area contributed by atoms with Gasteiger partial charge in [0.25, 0.3) is 0 Å². The van der Waals surface area contributed by atoms with Gasteiger partial charge in [-0.05, 0) is 19.1 Å². The maximum atomic E-state index is 10.9. The van der Waals surface area contributed by atoms with E-state index in [9.17, 15) is 4.79 Å². The third kappa shape index (κ3) is 1.59. The van der Waals surface area contributed by atoms with Gasteiger partial charge in [-0.15, -0.1) is 0 Å². The summed E-state index contributed by atoms with van der Waals surface area (Å²) in [5, 5.41) is 13.0. The second-order valence-corrected chi connectivity index (χ2v) is 3.59. The van der Waals surface area contributed by atoms with Gasteiger partial charge >= 0.3 is 5.97 Å². The molecule has 16 heavy (non-hydrogen) atoms. The van der Waals surface area contributed by atoms with Crippen LogP contribution >= 0.6 is 11.6 Å². The van der Waals surface area contributed by atoms with Gasteiger partial charge in [0.15, 0.2) is 5.69 Å². The second kappa shape index (κ2) is 4.02. The molecule has 5 nitrogen and oxygen atoms in total. The number of halogens is 1. The van der Waals surface area contributed by atoms with Gasteiger partial charge in [0, 0.05) is 12.7 Å². The number of aromatic carboxylic acids is 1. The summed E-state index contributed by atoms with van der Waals surface area (Å²) in [4.78, 5) is 13.9. The second-order valence-electron chi connectivity index (χ2n) is 3.22. The first-order valence-electron chi connectivity index (χ1n) is 4.78. The number of nitrogens with zero attached hydrogens (tertiary/aromatic N) is 2. The third-order valence-corrected chi connectivity index (χ3v) is 2.61. The number of H-pyrrole nitrogens is 1. The van der Waals surface area contributed by atoms with Crippen molar-refractivity contribution in [3.05, 3.63) is 29.0 Å². The Morgan fingerprint density at radius 3 is 2.94 bits per heavy atom. The average Bonchev–Trinajstić information content (AvgIpc) is 2.83. The van der Waals surface area contributed by atoms with E-state index in [0.717, 1.165) is 5.69 Å². The highest BCUT2D eigenvalue weighted by Crippen LogP contribution is 2.29. The van der Waals surface area contributed by atoms with Crippen molar-refractivity contribution in [2.24, 2.45) is 0 Å². The Kier molecular flexibility index (Phi) is 2.70. The normalized spacial score (nSPS) is 10.6. The Balaban J connectivity index is 2.64. The fourth-order valence-corrected chi connectivity index (χ4v) is 1.86. The highest BCUT2D eigenvalue weighted by atomic mass is 35.5. The minimum Gasteiger partial charge on any atom is -0.476 e. The Bertz CT molecular complexity index is 516. The Morgan fingerprint density at radius 2 is 2.44 bits per heavy atom. The molecule has 0 fully saturated rings. The van der Waals surface area contributed by atoms with Crippen molar-refractivity contribution in [1.29, 1.82) is 0 Å². The predicted octanol–water partition coefficient (Wildman–Crippen LogP) is 2.25. The lowest BCUT2D eigenvalue weighted by atomic mass is 10.3. The molecule has 0 unspecified atom stereocenters. The van der Waals surface area contributed by atoms with Crippen molar-refractivity contribution in [2.45, 2.75) is 13.5 Å². The molecule has 6 heteroatoms. The Hall–Kier alpha value is -1.75. The molecule has 0 aliphatic rings. The highest BCUT2D eigenvalue weighted by Gasteiger charge is 2.21. The molecule has 0 aliphatic heterocycles. The topological polar surface area (TPSA) is 70.9 Å². The number of carbonyl (C=O) groups is 1. The van der Waals surface area contributed by atoms with Crippen LogP contribution in [0.4, 0.5) is 0 Å². The first-order chi connectivity index (χ1) is 7.65. The molecule has 0 radical (unpaired) electrons. The van der Waals surface area contributed by atoms with E-state index in [2.05, 4.69) is 10.1 Å². The first-order valence-corrected chi connectivity index (χ1v) is 5.16. The van der Waals surface area contributed by atoms with E-state index in [1.165, 1.54) is 0 Å². The van der Waals surface area contributed by atoms with Crippen molar-refractivity contribution < 1.29 is 9.90 Å². The Morgan fingerprint density at radius 1 is 1.69 bits per heavy atom. The molecule has 2 rings (SSSR count). The quantitative estimate of drug-likeness (QED) is 0.863. The van der Waals surface area contributed by atoms with Gasteiger partial charge in [-0.1, -0.05) is 11.6 Å². The summed E-state index contributed by atoms with van der Waals surface area (Å²) >= 11 is 6.01. The summed E-state index contributed by atoms with van der Waals surface area (Å²) in [5.74, 6) is -1.12. The lowest BCUT2D eigenvalue weighted by molar-refractivity contribution is 0.0689. The number of aryl methyl sites for hydroxylation is 1.